The van der Waals surface area contributed by atoms with Crippen molar-refractivity contribution >= 4 is 130 Å². The van der Waals surface area contributed by atoms with Gasteiger partial charge in [0.15, 0.2) is 0 Å². The van der Waals surface area contributed by atoms with Crippen LogP contribution in [0.5, 0.6) is 0 Å². The van der Waals surface area contributed by atoms with Crippen LogP contribution in [0.1, 0.15) is 11.1 Å². The molecule has 0 aliphatic rings. The van der Waals surface area contributed by atoms with Crippen LogP contribution in [0.15, 0.2) is 207 Å². The Morgan fingerprint density at radius 3 is 1.14 bits per heavy atom. The maximum Gasteiger partial charge on any atom is 0.296 e. The van der Waals surface area contributed by atoms with E-state index in [9.17, 15) is 38.9 Å². The van der Waals surface area contributed by atoms with Gasteiger partial charge in [0.25, 0.3) is 30.4 Å². The number of azo groups is 4. The van der Waals surface area contributed by atoms with E-state index in [2.05, 4.69) is 50.9 Å². The number of thiazole rings is 2. The molecule has 0 bridgehead atoms. The Bertz CT molecular complexity index is 4510. The fourth-order valence-electron chi connectivity index (χ4n) is 7.91. The third-order valence-corrected chi connectivity index (χ3v) is 17.2. The summed E-state index contributed by atoms with van der Waals surface area (Å²) in [6.07, 6.45) is 0. The van der Waals surface area contributed by atoms with Crippen molar-refractivity contribution in [2.45, 2.75) is 28.5 Å². The molecule has 0 aliphatic carbocycles. The van der Waals surface area contributed by atoms with Crippen LogP contribution >= 0.6 is 22.7 Å². The molecule has 390 valence electrons. The summed E-state index contributed by atoms with van der Waals surface area (Å²) >= 11 is 2.29. The monoisotopic (exact) mass is 1130 g/mol. The Labute approximate surface area is 452 Å². The van der Waals surface area contributed by atoms with Gasteiger partial charge in [-0.25, -0.2) is 9.97 Å². The number of nitrogens with zero attached hydrogens (tertiary/aromatic N) is 10. The molecule has 10 aromatic rings. The van der Waals surface area contributed by atoms with Gasteiger partial charge in [-0.3, -0.25) is 13.7 Å². The minimum atomic E-state index is -4.75. The maximum absolute atomic E-state index is 12.7. The van der Waals surface area contributed by atoms with E-state index >= 15 is 0 Å². The Morgan fingerprint density at radius 1 is 0.397 bits per heavy atom. The van der Waals surface area contributed by atoms with Gasteiger partial charge >= 0.3 is 0 Å². The van der Waals surface area contributed by atoms with Crippen molar-refractivity contribution in [1.29, 1.82) is 0 Å². The third kappa shape index (κ3) is 11.5. The molecule has 2 aromatic heterocycles. The number of rotatable bonds is 14. The van der Waals surface area contributed by atoms with Gasteiger partial charge < -0.3 is 11.5 Å². The molecule has 0 spiro atoms. The number of benzene rings is 8. The van der Waals surface area contributed by atoms with Crippen LogP contribution < -0.4 is 11.5 Å². The summed E-state index contributed by atoms with van der Waals surface area (Å²) in [5.74, 6) is 0. The second kappa shape index (κ2) is 21.0. The standard InChI is InChI=1S/C52H38N12O9S5/c1-28-3-23-42-47(49(28)77(68,69)70)74-51(55-42)31-7-13-34(14-8-31)58-63-44-25-36(18-21-40(44)53)60-57-33-11-5-30(6-12-33)39-20-17-38(27-46(39)76(65,66)67)62-61-37-19-22-41(54)45(26-37)64-59-35-15-9-32(10-16-35)52-56-43-24-4-29(2)50(48(43)75-52)78(71,72)73/h3-27H,53-54H2,1-2H3,(H,65,66,67)(H,68,69,70)(H,71,72,73). The minimum absolute atomic E-state index is 0.117. The first-order valence-corrected chi connectivity index (χ1v) is 28.7. The number of nitrogens with two attached hydrogens (primary N) is 2. The van der Waals surface area contributed by atoms with Crippen LogP contribution in [0, 0.1) is 13.8 Å². The third-order valence-electron chi connectivity index (χ3n) is 11.7. The first-order valence-electron chi connectivity index (χ1n) is 22.8. The van der Waals surface area contributed by atoms with E-state index in [4.69, 9.17) is 11.5 Å². The first-order chi connectivity index (χ1) is 37.1. The number of hydrogen-bond donors (Lipinski definition) is 5. The van der Waals surface area contributed by atoms with Gasteiger partial charge in [-0.15, -0.1) is 32.9 Å². The predicted molar refractivity (Wildman–Crippen MR) is 299 cm³/mol. The highest BCUT2D eigenvalue weighted by Gasteiger charge is 2.23. The molecule has 26 heteroatoms. The molecule has 7 N–H and O–H groups in total. The number of anilines is 2. The zero-order chi connectivity index (χ0) is 55.1. The van der Waals surface area contributed by atoms with Crippen LogP contribution in [0.3, 0.4) is 0 Å². The average Bonchev–Trinajstić information content (AvgIpc) is 4.20. The molecule has 0 amide bonds. The zero-order valence-corrected chi connectivity index (χ0v) is 44.5. The van der Waals surface area contributed by atoms with E-state index in [1.54, 1.807) is 141 Å². The SMILES string of the molecule is Cc1ccc2nc(-c3ccc(N=Nc4cc(N=Nc5ccc(-c6ccc(N=Nc7ccc(N)c(N=Nc8ccc(-c9nc%10ccc(C)c(S(=O)(=O)O)c%10s9)cc8)c7)cc6S(=O)(=O)O)cc5)ccc4N)cc3)sc2c1S(=O)(=O)O. The van der Waals surface area contributed by atoms with Gasteiger partial charge in [0, 0.05) is 16.7 Å². The van der Waals surface area contributed by atoms with Gasteiger partial charge in [0.2, 0.25) is 0 Å². The molecule has 21 nitrogen and oxygen atoms in total. The van der Waals surface area contributed by atoms with E-state index in [1.807, 2.05) is 0 Å². The summed E-state index contributed by atoms with van der Waals surface area (Å²) in [6.45, 7) is 3.21. The lowest BCUT2D eigenvalue weighted by molar-refractivity contribution is 0.481. The fourth-order valence-corrected chi connectivity index (χ4v) is 13.3. The lowest BCUT2D eigenvalue weighted by Crippen LogP contribution is -2.00. The largest absolute Gasteiger partial charge is 0.397 e. The highest BCUT2D eigenvalue weighted by Crippen LogP contribution is 2.40. The number of nitrogen functional groups attached to an aromatic ring is 2. The molecule has 0 fully saturated rings. The van der Waals surface area contributed by atoms with Crippen molar-refractivity contribution in [2.24, 2.45) is 40.9 Å². The lowest BCUT2D eigenvalue weighted by atomic mass is 10.0. The Hall–Kier alpha value is -8.73. The molecule has 2 heterocycles. The van der Waals surface area contributed by atoms with Crippen molar-refractivity contribution in [3.8, 4) is 32.3 Å². The molecule has 10 rings (SSSR count). The van der Waals surface area contributed by atoms with Gasteiger partial charge in [-0.05, 0) is 152 Å². The van der Waals surface area contributed by atoms with E-state index in [0.717, 1.165) is 22.7 Å². The molecule has 0 atom stereocenters. The van der Waals surface area contributed by atoms with Crippen molar-refractivity contribution in [3.63, 3.8) is 0 Å². The topological polar surface area (TPSA) is 340 Å². The van der Waals surface area contributed by atoms with Gasteiger partial charge in [0.05, 0.1) is 65.9 Å². The van der Waals surface area contributed by atoms with Gasteiger partial charge in [-0.2, -0.15) is 55.9 Å². The summed E-state index contributed by atoms with van der Waals surface area (Å²) < 4.78 is 104. The smallest absolute Gasteiger partial charge is 0.296 e. The molecule has 0 radical (unpaired) electrons. The summed E-state index contributed by atoms with van der Waals surface area (Å²) in [5, 5.41) is 35.3. The second-order valence-electron chi connectivity index (χ2n) is 17.2. The Morgan fingerprint density at radius 2 is 0.744 bits per heavy atom. The molecular formula is C52H38N12O9S5. The number of hydrogen-bond acceptors (Lipinski definition) is 20. The Kier molecular flexibility index (Phi) is 14.2. The second-order valence-corrected chi connectivity index (χ2v) is 23.3. The summed E-state index contributed by atoms with van der Waals surface area (Å²) in [5.41, 5.74) is 19.6. The summed E-state index contributed by atoms with van der Waals surface area (Å²) in [6, 6.07) is 40.7. The van der Waals surface area contributed by atoms with E-state index in [-0.39, 0.29) is 26.7 Å². The summed E-state index contributed by atoms with van der Waals surface area (Å²) in [4.78, 5) is 8.36. The fraction of sp³-hybridized carbons (Fsp3) is 0.0385. The van der Waals surface area contributed by atoms with E-state index in [0.29, 0.717) is 104 Å². The highest BCUT2D eigenvalue weighted by atomic mass is 32.2. The quantitative estimate of drug-likeness (QED) is 0.0384. The summed E-state index contributed by atoms with van der Waals surface area (Å²) in [7, 11) is -13.7. The van der Waals surface area contributed by atoms with Gasteiger partial charge in [-0.1, -0.05) is 30.3 Å². The zero-order valence-electron chi connectivity index (χ0n) is 40.4. The predicted octanol–water partition coefficient (Wildman–Crippen LogP) is 15.1. The van der Waals surface area contributed by atoms with E-state index < -0.39 is 35.2 Å². The average molecular weight is 1140 g/mol. The minimum Gasteiger partial charge on any atom is -0.397 e. The van der Waals surface area contributed by atoms with E-state index in [1.165, 1.54) is 24.3 Å². The maximum atomic E-state index is 12.7. The van der Waals surface area contributed by atoms with Crippen LogP contribution in [0.25, 0.3) is 52.7 Å². The molecule has 78 heavy (non-hydrogen) atoms. The lowest BCUT2D eigenvalue weighted by Gasteiger charge is -2.08. The van der Waals surface area contributed by atoms with Crippen LogP contribution in [0.4, 0.5) is 56.9 Å². The Balaban J connectivity index is 0.792. The number of aryl methyl sites for hydroxylation is 2. The van der Waals surface area contributed by atoms with Gasteiger partial charge in [0.1, 0.15) is 36.1 Å². The first kappa shape index (κ1) is 52.7. The molecule has 0 saturated carbocycles. The van der Waals surface area contributed by atoms with Crippen LogP contribution in [-0.2, 0) is 30.4 Å². The molecule has 0 aliphatic heterocycles. The molecule has 0 saturated heterocycles. The molecular weight excluding hydrogens is 1100 g/mol. The molecule has 8 aromatic carbocycles. The number of fused-ring (bicyclic) bond motifs is 2. The normalized spacial score (nSPS) is 12.6. The number of aromatic nitrogens is 2. The van der Waals surface area contributed by atoms with Crippen molar-refractivity contribution in [3.05, 3.63) is 163 Å². The van der Waals surface area contributed by atoms with Crippen molar-refractivity contribution < 1.29 is 38.9 Å². The van der Waals surface area contributed by atoms with Crippen LogP contribution in [0.2, 0.25) is 0 Å². The van der Waals surface area contributed by atoms with Crippen molar-refractivity contribution in [2.75, 3.05) is 11.5 Å². The van der Waals surface area contributed by atoms with Crippen LogP contribution in [-0.4, -0.2) is 48.9 Å². The molecule has 0 unspecified atom stereocenters. The van der Waals surface area contributed by atoms with Crippen molar-refractivity contribution in [1.82, 2.24) is 9.97 Å². The highest BCUT2D eigenvalue weighted by molar-refractivity contribution is 7.86.